The molecule has 13 heavy (non-hydrogen) atoms. The molecule has 1 fully saturated rings. The average Bonchev–Trinajstić information content (AvgIpc) is 2.84. The Bertz CT molecular complexity index is 166. The van der Waals surface area contributed by atoms with Crippen molar-refractivity contribution in [2.24, 2.45) is 5.92 Å². The van der Waals surface area contributed by atoms with Crippen LogP contribution in [0.1, 0.15) is 26.2 Å². The predicted molar refractivity (Wildman–Crippen MR) is 51.5 cm³/mol. The second-order valence-corrected chi connectivity index (χ2v) is 3.77. The van der Waals surface area contributed by atoms with Gasteiger partial charge in [-0.2, -0.15) is 0 Å². The Balaban J connectivity index is 2.01. The molecule has 0 amide bonds. The summed E-state index contributed by atoms with van der Waals surface area (Å²) in [5.41, 5.74) is 0. The van der Waals surface area contributed by atoms with Gasteiger partial charge in [0.1, 0.15) is 0 Å². The van der Waals surface area contributed by atoms with Crippen LogP contribution in [0.25, 0.3) is 0 Å². The first-order valence-corrected chi connectivity index (χ1v) is 5.06. The van der Waals surface area contributed by atoms with Gasteiger partial charge in [-0.15, -0.1) is 0 Å². The van der Waals surface area contributed by atoms with Crippen molar-refractivity contribution in [3.8, 4) is 0 Å². The molecule has 0 radical (unpaired) electrons. The highest BCUT2D eigenvalue weighted by Crippen LogP contribution is 2.32. The van der Waals surface area contributed by atoms with Crippen LogP contribution in [0.4, 0.5) is 0 Å². The Labute approximate surface area is 80.1 Å². The van der Waals surface area contributed by atoms with Crippen LogP contribution in [0.5, 0.6) is 0 Å². The minimum absolute atomic E-state index is 0.110. The molecule has 76 valence electrons. The predicted octanol–water partition coefficient (Wildman–Crippen LogP) is 1.28. The molecule has 0 aromatic heterocycles. The molecular weight excluding hydrogens is 166 g/mol. The summed E-state index contributed by atoms with van der Waals surface area (Å²) in [6.07, 6.45) is 4.00. The van der Waals surface area contributed by atoms with Gasteiger partial charge in [0, 0.05) is 0 Å². The number of likely N-dealkylation sites (N-methyl/N-ethyl adjacent to an activating group) is 1. The molecular formula is C10H19NO2. The maximum atomic E-state index is 11.0. The number of hydrogen-bond donors (Lipinski definition) is 0. The zero-order chi connectivity index (χ0) is 9.68. The molecule has 3 nitrogen and oxygen atoms in total. The fourth-order valence-corrected chi connectivity index (χ4v) is 1.32. The lowest BCUT2D eigenvalue weighted by atomic mass is 10.3. The number of esters is 1. The van der Waals surface area contributed by atoms with Crippen molar-refractivity contribution in [2.45, 2.75) is 26.2 Å². The molecule has 0 bridgehead atoms. The lowest BCUT2D eigenvalue weighted by Gasteiger charge is -2.14. The van der Waals surface area contributed by atoms with E-state index in [1.165, 1.54) is 19.3 Å². The SMILES string of the molecule is CCOC(=O)CN(C)CCC1CC1. The number of rotatable bonds is 6. The minimum atomic E-state index is -0.110. The second-order valence-electron chi connectivity index (χ2n) is 3.77. The Morgan fingerprint density at radius 2 is 2.23 bits per heavy atom. The summed E-state index contributed by atoms with van der Waals surface area (Å²) in [6, 6.07) is 0. The number of carbonyl (C=O) groups excluding carboxylic acids is 1. The second kappa shape index (κ2) is 5.22. The number of nitrogens with zero attached hydrogens (tertiary/aromatic N) is 1. The standard InChI is InChI=1S/C10H19NO2/c1-3-13-10(12)8-11(2)7-6-9-4-5-9/h9H,3-8H2,1-2H3. The summed E-state index contributed by atoms with van der Waals surface area (Å²) in [5, 5.41) is 0. The van der Waals surface area contributed by atoms with Gasteiger partial charge in [0.15, 0.2) is 0 Å². The zero-order valence-electron chi connectivity index (χ0n) is 8.58. The van der Waals surface area contributed by atoms with Crippen LogP contribution in [0.2, 0.25) is 0 Å². The first kappa shape index (κ1) is 10.5. The summed E-state index contributed by atoms with van der Waals surface area (Å²) in [7, 11) is 1.97. The Hall–Kier alpha value is -0.570. The third-order valence-corrected chi connectivity index (χ3v) is 2.32. The van der Waals surface area contributed by atoms with Crippen molar-refractivity contribution in [3.63, 3.8) is 0 Å². The molecule has 0 unspecified atom stereocenters. The Morgan fingerprint density at radius 1 is 1.54 bits per heavy atom. The van der Waals surface area contributed by atoms with E-state index in [1.54, 1.807) is 0 Å². The highest BCUT2D eigenvalue weighted by molar-refractivity contribution is 5.71. The number of carbonyl (C=O) groups is 1. The van der Waals surface area contributed by atoms with Crippen LogP contribution in [-0.4, -0.2) is 37.6 Å². The van der Waals surface area contributed by atoms with E-state index in [9.17, 15) is 4.79 Å². The lowest BCUT2D eigenvalue weighted by molar-refractivity contribution is -0.144. The molecule has 0 N–H and O–H groups in total. The van der Waals surface area contributed by atoms with Gasteiger partial charge in [-0.1, -0.05) is 12.8 Å². The van der Waals surface area contributed by atoms with Crippen molar-refractivity contribution in [1.29, 1.82) is 0 Å². The normalized spacial score (nSPS) is 16.2. The van der Waals surface area contributed by atoms with Gasteiger partial charge in [0.25, 0.3) is 0 Å². The molecule has 0 aromatic carbocycles. The topological polar surface area (TPSA) is 29.5 Å². The van der Waals surface area contributed by atoms with E-state index >= 15 is 0 Å². The van der Waals surface area contributed by atoms with E-state index in [2.05, 4.69) is 0 Å². The molecule has 0 saturated heterocycles. The first-order valence-electron chi connectivity index (χ1n) is 5.06. The minimum Gasteiger partial charge on any atom is -0.465 e. The van der Waals surface area contributed by atoms with E-state index in [4.69, 9.17) is 4.74 Å². The van der Waals surface area contributed by atoms with Crippen molar-refractivity contribution in [2.75, 3.05) is 26.7 Å². The van der Waals surface area contributed by atoms with Gasteiger partial charge >= 0.3 is 5.97 Å². The van der Waals surface area contributed by atoms with Gasteiger partial charge in [0.2, 0.25) is 0 Å². The molecule has 1 aliphatic carbocycles. The van der Waals surface area contributed by atoms with Crippen molar-refractivity contribution in [1.82, 2.24) is 4.90 Å². The van der Waals surface area contributed by atoms with E-state index in [0.29, 0.717) is 13.2 Å². The lowest BCUT2D eigenvalue weighted by Crippen LogP contribution is -2.28. The fourth-order valence-electron chi connectivity index (χ4n) is 1.32. The summed E-state index contributed by atoms with van der Waals surface area (Å²) in [4.78, 5) is 13.1. The third-order valence-electron chi connectivity index (χ3n) is 2.32. The quantitative estimate of drug-likeness (QED) is 0.584. The highest BCUT2D eigenvalue weighted by Gasteiger charge is 2.21. The van der Waals surface area contributed by atoms with Crippen LogP contribution in [-0.2, 0) is 9.53 Å². The summed E-state index contributed by atoms with van der Waals surface area (Å²) in [5.74, 6) is 0.824. The molecule has 0 heterocycles. The molecule has 0 spiro atoms. The van der Waals surface area contributed by atoms with Crippen LogP contribution in [0.15, 0.2) is 0 Å². The molecule has 0 atom stereocenters. The van der Waals surface area contributed by atoms with Crippen molar-refractivity contribution >= 4 is 5.97 Å². The van der Waals surface area contributed by atoms with Gasteiger partial charge in [-0.25, -0.2) is 0 Å². The van der Waals surface area contributed by atoms with E-state index in [0.717, 1.165) is 12.5 Å². The highest BCUT2D eigenvalue weighted by atomic mass is 16.5. The summed E-state index contributed by atoms with van der Waals surface area (Å²) >= 11 is 0. The van der Waals surface area contributed by atoms with Crippen molar-refractivity contribution in [3.05, 3.63) is 0 Å². The van der Waals surface area contributed by atoms with E-state index < -0.39 is 0 Å². The first-order chi connectivity index (χ1) is 6.22. The number of hydrogen-bond acceptors (Lipinski definition) is 3. The van der Waals surface area contributed by atoms with Crippen LogP contribution < -0.4 is 0 Å². The molecule has 0 aliphatic heterocycles. The van der Waals surface area contributed by atoms with Gasteiger partial charge < -0.3 is 4.74 Å². The van der Waals surface area contributed by atoms with Crippen molar-refractivity contribution < 1.29 is 9.53 Å². The van der Waals surface area contributed by atoms with Gasteiger partial charge in [-0.05, 0) is 32.9 Å². The van der Waals surface area contributed by atoms with E-state index in [1.807, 2.05) is 18.9 Å². The fraction of sp³-hybridized carbons (Fsp3) is 0.900. The monoisotopic (exact) mass is 185 g/mol. The number of ether oxygens (including phenoxy) is 1. The van der Waals surface area contributed by atoms with Crippen LogP contribution >= 0.6 is 0 Å². The molecule has 1 saturated carbocycles. The average molecular weight is 185 g/mol. The Kier molecular flexibility index (Phi) is 4.22. The zero-order valence-corrected chi connectivity index (χ0v) is 8.58. The van der Waals surface area contributed by atoms with Crippen LogP contribution in [0, 0.1) is 5.92 Å². The van der Waals surface area contributed by atoms with E-state index in [-0.39, 0.29) is 5.97 Å². The largest absolute Gasteiger partial charge is 0.465 e. The molecule has 1 aliphatic rings. The maximum absolute atomic E-state index is 11.0. The molecule has 3 heteroatoms. The smallest absolute Gasteiger partial charge is 0.320 e. The van der Waals surface area contributed by atoms with Gasteiger partial charge in [0.05, 0.1) is 13.2 Å². The Morgan fingerprint density at radius 3 is 2.77 bits per heavy atom. The van der Waals surface area contributed by atoms with Gasteiger partial charge in [-0.3, -0.25) is 9.69 Å². The maximum Gasteiger partial charge on any atom is 0.320 e. The third kappa shape index (κ3) is 4.88. The molecule has 1 rings (SSSR count). The molecule has 0 aromatic rings. The summed E-state index contributed by atoms with van der Waals surface area (Å²) in [6.45, 7) is 3.77. The van der Waals surface area contributed by atoms with Crippen LogP contribution in [0.3, 0.4) is 0 Å². The summed E-state index contributed by atoms with van der Waals surface area (Å²) < 4.78 is 4.85.